The van der Waals surface area contributed by atoms with Gasteiger partial charge in [0.15, 0.2) is 0 Å². The highest BCUT2D eigenvalue weighted by Crippen LogP contribution is 2.36. The van der Waals surface area contributed by atoms with E-state index in [0.29, 0.717) is 38.3 Å². The lowest BCUT2D eigenvalue weighted by Crippen LogP contribution is -2.40. The number of hydrogen-bond acceptors (Lipinski definition) is 4. The molecule has 1 aliphatic heterocycles. The molecule has 2 N–H and O–H groups in total. The summed E-state index contributed by atoms with van der Waals surface area (Å²) in [4.78, 5) is 38.1. The SMILES string of the molecule is O=C(O)CNc1ccc2c3c(cccc13)C(=O)N(c1cccc(Cl)c1)C2=O. The summed E-state index contributed by atoms with van der Waals surface area (Å²) in [5.74, 6) is -1.90. The number of imide groups is 1. The molecule has 7 heteroatoms. The van der Waals surface area contributed by atoms with Crippen LogP contribution < -0.4 is 10.2 Å². The van der Waals surface area contributed by atoms with Crippen LogP contribution in [0.25, 0.3) is 10.8 Å². The van der Waals surface area contributed by atoms with E-state index in [1.54, 1.807) is 54.6 Å². The average molecular weight is 381 g/mol. The first-order valence-corrected chi connectivity index (χ1v) is 8.51. The molecule has 0 saturated carbocycles. The Labute approximate surface area is 159 Å². The zero-order valence-electron chi connectivity index (χ0n) is 13.9. The molecule has 0 saturated heterocycles. The minimum Gasteiger partial charge on any atom is -0.480 e. The van der Waals surface area contributed by atoms with Gasteiger partial charge in [-0.15, -0.1) is 0 Å². The number of carboxylic acid groups (broad SMARTS) is 1. The molecule has 0 aliphatic carbocycles. The molecule has 134 valence electrons. The van der Waals surface area contributed by atoms with E-state index in [2.05, 4.69) is 5.32 Å². The Morgan fingerprint density at radius 1 is 1.00 bits per heavy atom. The van der Waals surface area contributed by atoms with Crippen LogP contribution in [-0.4, -0.2) is 29.4 Å². The molecule has 27 heavy (non-hydrogen) atoms. The average Bonchev–Trinajstić information content (AvgIpc) is 2.64. The van der Waals surface area contributed by atoms with Crippen molar-refractivity contribution in [2.45, 2.75) is 0 Å². The monoisotopic (exact) mass is 380 g/mol. The van der Waals surface area contributed by atoms with Gasteiger partial charge in [0.25, 0.3) is 11.8 Å². The van der Waals surface area contributed by atoms with Gasteiger partial charge >= 0.3 is 5.97 Å². The number of anilines is 2. The molecule has 1 aliphatic rings. The first-order chi connectivity index (χ1) is 13.0. The van der Waals surface area contributed by atoms with Crippen molar-refractivity contribution in [2.75, 3.05) is 16.8 Å². The predicted molar refractivity (Wildman–Crippen MR) is 103 cm³/mol. The van der Waals surface area contributed by atoms with E-state index in [9.17, 15) is 14.4 Å². The van der Waals surface area contributed by atoms with Gasteiger partial charge in [-0.2, -0.15) is 0 Å². The van der Waals surface area contributed by atoms with Crippen molar-refractivity contribution in [1.29, 1.82) is 0 Å². The number of benzene rings is 3. The maximum absolute atomic E-state index is 13.1. The molecular weight excluding hydrogens is 368 g/mol. The number of nitrogens with one attached hydrogen (secondary N) is 1. The molecule has 0 unspecified atom stereocenters. The van der Waals surface area contributed by atoms with Gasteiger partial charge in [0.05, 0.1) is 5.69 Å². The smallest absolute Gasteiger partial charge is 0.322 e. The third-order valence-electron chi connectivity index (χ3n) is 4.40. The fourth-order valence-electron chi connectivity index (χ4n) is 3.27. The first-order valence-electron chi connectivity index (χ1n) is 8.13. The molecular formula is C20H13ClN2O4. The molecule has 3 aromatic rings. The van der Waals surface area contributed by atoms with Crippen molar-refractivity contribution in [3.05, 3.63) is 70.7 Å². The molecule has 0 spiro atoms. The first kappa shape index (κ1) is 17.1. The summed E-state index contributed by atoms with van der Waals surface area (Å²) in [5.41, 5.74) is 1.70. The normalized spacial score (nSPS) is 13.1. The van der Waals surface area contributed by atoms with Gasteiger partial charge < -0.3 is 10.4 Å². The number of nitrogens with zero attached hydrogens (tertiary/aromatic N) is 1. The molecule has 4 rings (SSSR count). The van der Waals surface area contributed by atoms with Gasteiger partial charge in [-0.05, 0) is 36.4 Å². The van der Waals surface area contributed by atoms with Crippen molar-refractivity contribution >= 4 is 51.5 Å². The summed E-state index contributed by atoms with van der Waals surface area (Å²) in [6.45, 7) is -0.269. The summed E-state index contributed by atoms with van der Waals surface area (Å²) in [7, 11) is 0. The minimum atomic E-state index is -1.00. The lowest BCUT2D eigenvalue weighted by Gasteiger charge is -2.28. The predicted octanol–water partition coefficient (Wildman–Crippen LogP) is 3.79. The second-order valence-electron chi connectivity index (χ2n) is 6.06. The summed E-state index contributed by atoms with van der Waals surface area (Å²) in [6.07, 6.45) is 0. The van der Waals surface area contributed by atoms with Gasteiger partial charge in [0, 0.05) is 32.6 Å². The van der Waals surface area contributed by atoms with Gasteiger partial charge in [0.2, 0.25) is 0 Å². The van der Waals surface area contributed by atoms with Crippen molar-refractivity contribution in [1.82, 2.24) is 0 Å². The third-order valence-corrected chi connectivity index (χ3v) is 4.64. The van der Waals surface area contributed by atoms with E-state index in [1.165, 1.54) is 0 Å². The van der Waals surface area contributed by atoms with Crippen LogP contribution in [0.3, 0.4) is 0 Å². The fraction of sp³-hybridized carbons (Fsp3) is 0.0500. The second kappa shape index (κ2) is 6.41. The largest absolute Gasteiger partial charge is 0.480 e. The molecule has 6 nitrogen and oxygen atoms in total. The number of aliphatic carboxylic acids is 1. The molecule has 0 fully saturated rings. The van der Waals surface area contributed by atoms with Crippen LogP contribution in [0.1, 0.15) is 20.7 Å². The van der Waals surface area contributed by atoms with E-state index < -0.39 is 17.8 Å². The lowest BCUT2D eigenvalue weighted by molar-refractivity contribution is -0.134. The van der Waals surface area contributed by atoms with Gasteiger partial charge in [-0.1, -0.05) is 29.8 Å². The highest BCUT2D eigenvalue weighted by molar-refractivity contribution is 6.37. The van der Waals surface area contributed by atoms with Gasteiger partial charge in [-0.3, -0.25) is 14.4 Å². The number of halogens is 1. The van der Waals surface area contributed by atoms with E-state index >= 15 is 0 Å². The molecule has 0 bridgehead atoms. The molecule has 0 aromatic heterocycles. The summed E-state index contributed by atoms with van der Waals surface area (Å²) in [6, 6.07) is 14.9. The molecule has 1 heterocycles. The molecule has 0 atom stereocenters. The van der Waals surface area contributed by atoms with Gasteiger partial charge in [0.1, 0.15) is 6.54 Å². The molecule has 0 radical (unpaired) electrons. The van der Waals surface area contributed by atoms with E-state index in [1.807, 2.05) is 0 Å². The van der Waals surface area contributed by atoms with Crippen molar-refractivity contribution in [3.8, 4) is 0 Å². The van der Waals surface area contributed by atoms with Crippen LogP contribution in [0, 0.1) is 0 Å². The zero-order valence-corrected chi connectivity index (χ0v) is 14.7. The molecule has 3 aromatic carbocycles. The highest BCUT2D eigenvalue weighted by atomic mass is 35.5. The number of carbonyl (C=O) groups is 3. The summed E-state index contributed by atoms with van der Waals surface area (Å²) >= 11 is 6.02. The summed E-state index contributed by atoms with van der Waals surface area (Å²) < 4.78 is 0. The quantitative estimate of drug-likeness (QED) is 0.672. The van der Waals surface area contributed by atoms with E-state index in [4.69, 9.17) is 16.7 Å². The van der Waals surface area contributed by atoms with E-state index in [-0.39, 0.29) is 6.54 Å². The number of amides is 2. The Kier molecular flexibility index (Phi) is 4.05. The highest BCUT2D eigenvalue weighted by Gasteiger charge is 2.34. The number of hydrogen-bond donors (Lipinski definition) is 2. The van der Waals surface area contributed by atoms with Gasteiger partial charge in [-0.25, -0.2) is 4.90 Å². The van der Waals surface area contributed by atoms with Crippen molar-refractivity contribution in [3.63, 3.8) is 0 Å². The van der Waals surface area contributed by atoms with Crippen LogP contribution in [-0.2, 0) is 4.79 Å². The fourth-order valence-corrected chi connectivity index (χ4v) is 3.46. The van der Waals surface area contributed by atoms with Crippen LogP contribution in [0.4, 0.5) is 11.4 Å². The van der Waals surface area contributed by atoms with Crippen LogP contribution >= 0.6 is 11.6 Å². The summed E-state index contributed by atoms with van der Waals surface area (Å²) in [5, 5.41) is 13.3. The number of carboxylic acids is 1. The Hall–Kier alpha value is -3.38. The van der Waals surface area contributed by atoms with Crippen molar-refractivity contribution < 1.29 is 19.5 Å². The number of carbonyl (C=O) groups excluding carboxylic acids is 2. The standard InChI is InChI=1S/C20H13ClN2O4/c21-11-3-1-4-12(9-11)23-19(26)14-6-2-5-13-16(22-10-17(24)25)8-7-15(18(13)14)20(23)27/h1-9,22H,10H2,(H,24,25). The zero-order chi connectivity index (χ0) is 19.1. The second-order valence-corrected chi connectivity index (χ2v) is 6.50. The molecule has 2 amide bonds. The third kappa shape index (κ3) is 2.80. The lowest BCUT2D eigenvalue weighted by atomic mass is 9.92. The van der Waals surface area contributed by atoms with Crippen LogP contribution in [0.5, 0.6) is 0 Å². The Morgan fingerprint density at radius 3 is 2.41 bits per heavy atom. The number of rotatable bonds is 4. The van der Waals surface area contributed by atoms with E-state index in [0.717, 1.165) is 4.90 Å². The maximum Gasteiger partial charge on any atom is 0.322 e. The van der Waals surface area contributed by atoms with Crippen molar-refractivity contribution in [2.24, 2.45) is 0 Å². The Balaban J connectivity index is 1.89. The Morgan fingerprint density at radius 2 is 1.70 bits per heavy atom. The van der Waals surface area contributed by atoms with Crippen LogP contribution in [0.15, 0.2) is 54.6 Å². The Bertz CT molecular complexity index is 1100. The minimum absolute atomic E-state index is 0.269. The van der Waals surface area contributed by atoms with Crippen LogP contribution in [0.2, 0.25) is 5.02 Å². The maximum atomic E-state index is 13.1. The topological polar surface area (TPSA) is 86.7 Å².